The predicted octanol–water partition coefficient (Wildman–Crippen LogP) is 3.45. The quantitative estimate of drug-likeness (QED) is 0.447. The summed E-state index contributed by atoms with van der Waals surface area (Å²) in [6, 6.07) is 8.72. The van der Waals surface area contributed by atoms with E-state index in [1.54, 1.807) is 24.3 Å². The number of benzene rings is 2. The molecular formula is C18H16N2O5S. The molecule has 3 rings (SSSR count). The summed E-state index contributed by atoms with van der Waals surface area (Å²) in [6.45, 7) is 1.97. The molecule has 0 radical (unpaired) electrons. The molecule has 0 unspecified atom stereocenters. The van der Waals surface area contributed by atoms with Crippen LogP contribution in [0.25, 0.3) is 11.3 Å². The normalized spacial score (nSPS) is 10.7. The maximum Gasteiger partial charge on any atom is 0.257 e. The van der Waals surface area contributed by atoms with Gasteiger partial charge in [-0.25, -0.2) is 4.98 Å². The number of hydrogen-bond donors (Lipinski definition) is 5. The standard InChI is InChI=1S/C18H16N2O5S/c1-2-14-15(9-3-5-11(21)6-4-9)19-18(26-14)20-17(25)10-7-12(22)16(24)13(23)8-10/h3-8,21-24H,2H2,1H3,(H,19,20,25). The van der Waals surface area contributed by atoms with Gasteiger partial charge in [-0.2, -0.15) is 0 Å². The number of aryl methyl sites for hydroxylation is 1. The van der Waals surface area contributed by atoms with Crippen LogP contribution in [0.3, 0.4) is 0 Å². The Balaban J connectivity index is 1.89. The summed E-state index contributed by atoms with van der Waals surface area (Å²) < 4.78 is 0. The van der Waals surface area contributed by atoms with Crippen molar-refractivity contribution in [3.8, 4) is 34.3 Å². The topological polar surface area (TPSA) is 123 Å². The van der Waals surface area contributed by atoms with E-state index < -0.39 is 23.2 Å². The number of phenols is 4. The number of amides is 1. The summed E-state index contributed by atoms with van der Waals surface area (Å²) in [5.74, 6) is -2.29. The molecule has 5 N–H and O–H groups in total. The number of aromatic hydroxyl groups is 4. The van der Waals surface area contributed by atoms with Crippen molar-refractivity contribution < 1.29 is 25.2 Å². The van der Waals surface area contributed by atoms with Gasteiger partial charge in [-0.3, -0.25) is 10.1 Å². The smallest absolute Gasteiger partial charge is 0.257 e. The van der Waals surface area contributed by atoms with Crippen LogP contribution in [0.15, 0.2) is 36.4 Å². The lowest BCUT2D eigenvalue weighted by Gasteiger charge is -2.05. The molecule has 0 spiro atoms. The van der Waals surface area contributed by atoms with Crippen LogP contribution >= 0.6 is 11.3 Å². The molecule has 0 bridgehead atoms. The Bertz CT molecular complexity index is 943. The van der Waals surface area contributed by atoms with Gasteiger partial charge in [0.2, 0.25) is 0 Å². The van der Waals surface area contributed by atoms with Crippen molar-refractivity contribution in [2.45, 2.75) is 13.3 Å². The minimum Gasteiger partial charge on any atom is -0.508 e. The van der Waals surface area contributed by atoms with Crippen molar-refractivity contribution in [2.24, 2.45) is 0 Å². The minimum atomic E-state index is -0.682. The van der Waals surface area contributed by atoms with E-state index >= 15 is 0 Å². The molecule has 0 saturated heterocycles. The fraction of sp³-hybridized carbons (Fsp3) is 0.111. The molecule has 0 saturated carbocycles. The highest BCUT2D eigenvalue weighted by Crippen LogP contribution is 2.36. The summed E-state index contributed by atoms with van der Waals surface area (Å²) in [5, 5.41) is 40.8. The van der Waals surface area contributed by atoms with E-state index in [0.29, 0.717) is 17.2 Å². The van der Waals surface area contributed by atoms with E-state index in [4.69, 9.17) is 0 Å². The first-order chi connectivity index (χ1) is 12.4. The van der Waals surface area contributed by atoms with Crippen molar-refractivity contribution in [1.29, 1.82) is 0 Å². The summed E-state index contributed by atoms with van der Waals surface area (Å²) >= 11 is 1.31. The van der Waals surface area contributed by atoms with Gasteiger partial charge in [0.15, 0.2) is 22.4 Å². The van der Waals surface area contributed by atoms with E-state index in [0.717, 1.165) is 22.6 Å². The number of aromatic nitrogens is 1. The second kappa shape index (κ2) is 6.93. The summed E-state index contributed by atoms with van der Waals surface area (Å²) in [5.41, 5.74) is 1.51. The third-order valence-electron chi connectivity index (χ3n) is 3.71. The van der Waals surface area contributed by atoms with Gasteiger partial charge in [-0.15, -0.1) is 11.3 Å². The Morgan fingerprint density at radius 3 is 2.27 bits per heavy atom. The van der Waals surface area contributed by atoms with Crippen LogP contribution < -0.4 is 5.32 Å². The molecular weight excluding hydrogens is 356 g/mol. The molecule has 1 heterocycles. The van der Waals surface area contributed by atoms with E-state index in [2.05, 4.69) is 10.3 Å². The molecule has 0 aliphatic heterocycles. The van der Waals surface area contributed by atoms with Crippen molar-refractivity contribution in [3.63, 3.8) is 0 Å². The zero-order chi connectivity index (χ0) is 18.8. The summed E-state index contributed by atoms with van der Waals surface area (Å²) in [7, 11) is 0. The van der Waals surface area contributed by atoms with Gasteiger partial charge in [-0.1, -0.05) is 6.92 Å². The number of nitrogens with one attached hydrogen (secondary N) is 1. The maximum absolute atomic E-state index is 12.3. The molecule has 0 fully saturated rings. The molecule has 0 atom stereocenters. The van der Waals surface area contributed by atoms with E-state index in [-0.39, 0.29) is 11.3 Å². The average molecular weight is 372 g/mol. The van der Waals surface area contributed by atoms with Gasteiger partial charge in [0.25, 0.3) is 5.91 Å². The van der Waals surface area contributed by atoms with Gasteiger partial charge < -0.3 is 20.4 Å². The largest absolute Gasteiger partial charge is 0.508 e. The van der Waals surface area contributed by atoms with Gasteiger partial charge in [-0.05, 0) is 42.8 Å². The molecule has 26 heavy (non-hydrogen) atoms. The van der Waals surface area contributed by atoms with Crippen molar-refractivity contribution in [1.82, 2.24) is 4.98 Å². The second-order valence-electron chi connectivity index (χ2n) is 5.51. The lowest BCUT2D eigenvalue weighted by molar-refractivity contribution is 0.102. The van der Waals surface area contributed by atoms with Crippen LogP contribution in [0.4, 0.5) is 5.13 Å². The monoisotopic (exact) mass is 372 g/mol. The van der Waals surface area contributed by atoms with Gasteiger partial charge in [0.05, 0.1) is 5.69 Å². The second-order valence-corrected chi connectivity index (χ2v) is 6.59. The van der Waals surface area contributed by atoms with Gasteiger partial charge in [0, 0.05) is 16.0 Å². The number of phenolic OH excluding ortho intramolecular Hbond substituents is 4. The highest BCUT2D eigenvalue weighted by Gasteiger charge is 2.17. The SMILES string of the molecule is CCc1sc(NC(=O)c2cc(O)c(O)c(O)c2)nc1-c1ccc(O)cc1. The van der Waals surface area contributed by atoms with E-state index in [9.17, 15) is 25.2 Å². The summed E-state index contributed by atoms with van der Waals surface area (Å²) in [4.78, 5) is 17.7. The molecule has 8 heteroatoms. The average Bonchev–Trinajstić information content (AvgIpc) is 3.02. The molecule has 7 nitrogen and oxygen atoms in total. The molecule has 0 aliphatic rings. The predicted molar refractivity (Wildman–Crippen MR) is 98.0 cm³/mol. The van der Waals surface area contributed by atoms with Crippen LogP contribution in [0.2, 0.25) is 0 Å². The maximum atomic E-state index is 12.3. The molecule has 134 valence electrons. The number of carbonyl (C=O) groups is 1. The first kappa shape index (κ1) is 17.6. The third-order valence-corrected chi connectivity index (χ3v) is 4.83. The zero-order valence-corrected chi connectivity index (χ0v) is 14.5. The Morgan fingerprint density at radius 1 is 1.08 bits per heavy atom. The third kappa shape index (κ3) is 3.40. The molecule has 2 aromatic carbocycles. The Kier molecular flexibility index (Phi) is 4.68. The van der Waals surface area contributed by atoms with E-state index in [1.807, 2.05) is 6.92 Å². The van der Waals surface area contributed by atoms with Crippen LogP contribution in [-0.2, 0) is 6.42 Å². The first-order valence-corrected chi connectivity index (χ1v) is 8.56. The number of thiazole rings is 1. The molecule has 0 aliphatic carbocycles. The number of hydrogen-bond acceptors (Lipinski definition) is 7. The van der Waals surface area contributed by atoms with Crippen LogP contribution in [0.1, 0.15) is 22.2 Å². The van der Waals surface area contributed by atoms with Gasteiger partial charge >= 0.3 is 0 Å². The molecule has 1 aromatic heterocycles. The number of nitrogens with zero attached hydrogens (tertiary/aromatic N) is 1. The fourth-order valence-corrected chi connectivity index (χ4v) is 3.31. The molecule has 3 aromatic rings. The Morgan fingerprint density at radius 2 is 1.69 bits per heavy atom. The van der Waals surface area contributed by atoms with E-state index in [1.165, 1.54) is 11.3 Å². The zero-order valence-electron chi connectivity index (χ0n) is 13.7. The highest BCUT2D eigenvalue weighted by atomic mass is 32.1. The van der Waals surface area contributed by atoms with Crippen LogP contribution in [0, 0.1) is 0 Å². The lowest BCUT2D eigenvalue weighted by Crippen LogP contribution is -2.11. The lowest BCUT2D eigenvalue weighted by atomic mass is 10.1. The van der Waals surface area contributed by atoms with Crippen LogP contribution in [0.5, 0.6) is 23.0 Å². The fourth-order valence-electron chi connectivity index (χ4n) is 2.39. The number of carbonyl (C=O) groups excluding carboxylic acids is 1. The first-order valence-electron chi connectivity index (χ1n) is 7.74. The van der Waals surface area contributed by atoms with Crippen molar-refractivity contribution >= 4 is 22.4 Å². The number of rotatable bonds is 4. The number of anilines is 1. The Labute approximate surface area is 152 Å². The van der Waals surface area contributed by atoms with Crippen molar-refractivity contribution in [2.75, 3.05) is 5.32 Å². The highest BCUT2D eigenvalue weighted by molar-refractivity contribution is 7.16. The van der Waals surface area contributed by atoms with Crippen LogP contribution in [-0.4, -0.2) is 31.3 Å². The van der Waals surface area contributed by atoms with Crippen molar-refractivity contribution in [3.05, 3.63) is 46.8 Å². The van der Waals surface area contributed by atoms with Gasteiger partial charge in [0.1, 0.15) is 5.75 Å². The molecule has 1 amide bonds. The Hall–Kier alpha value is -3.26. The summed E-state index contributed by atoms with van der Waals surface area (Å²) in [6.07, 6.45) is 0.713. The minimum absolute atomic E-state index is 0.0165.